The van der Waals surface area contributed by atoms with E-state index in [0.717, 1.165) is 0 Å². The summed E-state index contributed by atoms with van der Waals surface area (Å²) in [6.07, 6.45) is 0.335. The van der Waals surface area contributed by atoms with Gasteiger partial charge in [0.15, 0.2) is 6.61 Å². The molecule has 8 heavy (non-hydrogen) atoms. The molecule has 0 saturated carbocycles. The van der Waals surface area contributed by atoms with Crippen LogP contribution in [0, 0.1) is 11.3 Å². The molecule has 0 aromatic heterocycles. The van der Waals surface area contributed by atoms with Gasteiger partial charge in [-0.05, 0) is 0 Å². The molecular weight excluding hydrogens is 106 g/mol. The predicted octanol–water partition coefficient (Wildman–Crippen LogP) is 0.463. The third kappa shape index (κ3) is 3.16. The maximum Gasteiger partial charge on any atom is 0.306 e. The topological polar surface area (TPSA) is 50.1 Å². The molecule has 0 aliphatic carbocycles. The van der Waals surface area contributed by atoms with Crippen LogP contribution in [0.15, 0.2) is 0 Å². The Bertz CT molecular complexity index is 114. The Kier molecular flexibility index (Phi) is 3.59. The SMILES string of the molecule is CCC(=O)OCC#N. The Balaban J connectivity index is 3.15. The first-order valence-electron chi connectivity index (χ1n) is 2.33. The highest BCUT2D eigenvalue weighted by Gasteiger charge is 1.93. The van der Waals surface area contributed by atoms with Gasteiger partial charge in [0.25, 0.3) is 0 Å². The molecule has 0 aromatic rings. The van der Waals surface area contributed by atoms with Gasteiger partial charge in [-0.25, -0.2) is 0 Å². The summed E-state index contributed by atoms with van der Waals surface area (Å²) in [5, 5.41) is 7.88. The van der Waals surface area contributed by atoms with Gasteiger partial charge in [-0.2, -0.15) is 5.26 Å². The standard InChI is InChI=1S/C5H7NO2/c1-2-5(7)8-4-3-6/h2,4H2,1H3. The zero-order valence-electron chi connectivity index (χ0n) is 4.68. The zero-order valence-corrected chi connectivity index (χ0v) is 4.68. The van der Waals surface area contributed by atoms with Crippen LogP contribution in [0.4, 0.5) is 0 Å². The third-order valence-corrected chi connectivity index (χ3v) is 0.586. The summed E-state index contributed by atoms with van der Waals surface area (Å²) in [5.41, 5.74) is 0. The van der Waals surface area contributed by atoms with Crippen molar-refractivity contribution in [1.29, 1.82) is 5.26 Å². The number of rotatable bonds is 2. The lowest BCUT2D eigenvalue weighted by Gasteiger charge is -1.92. The number of hydrogen-bond donors (Lipinski definition) is 0. The van der Waals surface area contributed by atoms with Gasteiger partial charge in [0, 0.05) is 6.42 Å². The number of carbonyl (C=O) groups is 1. The van der Waals surface area contributed by atoms with Crippen LogP contribution in [0.3, 0.4) is 0 Å². The minimum Gasteiger partial charge on any atom is -0.450 e. The van der Waals surface area contributed by atoms with Gasteiger partial charge in [0.1, 0.15) is 6.07 Å². The lowest BCUT2D eigenvalue weighted by molar-refractivity contribution is -0.141. The Labute approximate surface area is 47.9 Å². The van der Waals surface area contributed by atoms with Crippen LogP contribution >= 0.6 is 0 Å². The first-order chi connectivity index (χ1) is 3.81. The van der Waals surface area contributed by atoms with Gasteiger partial charge >= 0.3 is 5.97 Å². The van der Waals surface area contributed by atoms with Crippen molar-refractivity contribution in [2.24, 2.45) is 0 Å². The fourth-order valence-corrected chi connectivity index (χ4v) is 0.215. The van der Waals surface area contributed by atoms with Crippen molar-refractivity contribution >= 4 is 5.97 Å². The van der Waals surface area contributed by atoms with E-state index in [4.69, 9.17) is 5.26 Å². The van der Waals surface area contributed by atoms with E-state index in [9.17, 15) is 4.79 Å². The Morgan fingerprint density at radius 3 is 2.88 bits per heavy atom. The van der Waals surface area contributed by atoms with Crippen molar-refractivity contribution in [2.75, 3.05) is 6.61 Å². The Morgan fingerprint density at radius 1 is 1.88 bits per heavy atom. The fourth-order valence-electron chi connectivity index (χ4n) is 0.215. The summed E-state index contributed by atoms with van der Waals surface area (Å²) in [5.74, 6) is -0.327. The van der Waals surface area contributed by atoms with E-state index < -0.39 is 0 Å². The number of hydrogen-bond acceptors (Lipinski definition) is 3. The molecule has 0 fully saturated rings. The highest BCUT2D eigenvalue weighted by atomic mass is 16.5. The molecule has 44 valence electrons. The van der Waals surface area contributed by atoms with Crippen LogP contribution in [-0.4, -0.2) is 12.6 Å². The van der Waals surface area contributed by atoms with E-state index in [1.54, 1.807) is 13.0 Å². The number of ether oxygens (including phenoxy) is 1. The van der Waals surface area contributed by atoms with Gasteiger partial charge < -0.3 is 4.74 Å². The maximum absolute atomic E-state index is 10.2. The molecule has 3 heteroatoms. The van der Waals surface area contributed by atoms with Crippen molar-refractivity contribution in [3.63, 3.8) is 0 Å². The number of nitrogens with zero attached hydrogens (tertiary/aromatic N) is 1. The summed E-state index contributed by atoms with van der Waals surface area (Å²) >= 11 is 0. The molecule has 0 spiro atoms. The van der Waals surface area contributed by atoms with E-state index >= 15 is 0 Å². The van der Waals surface area contributed by atoms with Gasteiger partial charge in [-0.3, -0.25) is 4.79 Å². The predicted molar refractivity (Wildman–Crippen MR) is 26.9 cm³/mol. The van der Waals surface area contributed by atoms with Gasteiger partial charge in [0.2, 0.25) is 0 Å². The molecule has 0 unspecified atom stereocenters. The summed E-state index contributed by atoms with van der Waals surface area (Å²) in [6, 6.07) is 1.69. The molecule has 0 amide bonds. The second kappa shape index (κ2) is 4.13. The molecule has 0 aliphatic heterocycles. The molecule has 0 bridgehead atoms. The van der Waals surface area contributed by atoms with Crippen LogP contribution in [0.25, 0.3) is 0 Å². The number of esters is 1. The molecule has 3 nitrogen and oxygen atoms in total. The highest BCUT2D eigenvalue weighted by molar-refractivity contribution is 5.68. The summed E-state index contributed by atoms with van der Waals surface area (Å²) < 4.78 is 4.34. The largest absolute Gasteiger partial charge is 0.450 e. The molecule has 0 saturated heterocycles. The zero-order chi connectivity index (χ0) is 6.41. The van der Waals surface area contributed by atoms with Crippen molar-refractivity contribution < 1.29 is 9.53 Å². The average Bonchev–Trinajstić information content (AvgIpc) is 1.83. The van der Waals surface area contributed by atoms with E-state index in [1.807, 2.05) is 0 Å². The summed E-state index contributed by atoms with van der Waals surface area (Å²) in [7, 11) is 0. The summed E-state index contributed by atoms with van der Waals surface area (Å²) in [6.45, 7) is 1.55. The minimum atomic E-state index is -0.327. The Hall–Kier alpha value is -1.04. The van der Waals surface area contributed by atoms with Crippen molar-refractivity contribution in [2.45, 2.75) is 13.3 Å². The Morgan fingerprint density at radius 2 is 2.50 bits per heavy atom. The first kappa shape index (κ1) is 6.96. The molecule has 0 aromatic carbocycles. The van der Waals surface area contributed by atoms with Gasteiger partial charge in [-0.1, -0.05) is 6.92 Å². The molecular formula is C5H7NO2. The highest BCUT2D eigenvalue weighted by Crippen LogP contribution is 1.80. The minimum absolute atomic E-state index is 0.132. The van der Waals surface area contributed by atoms with Crippen molar-refractivity contribution in [3.8, 4) is 6.07 Å². The van der Waals surface area contributed by atoms with E-state index in [1.165, 1.54) is 0 Å². The van der Waals surface area contributed by atoms with Crippen molar-refractivity contribution in [3.05, 3.63) is 0 Å². The average molecular weight is 113 g/mol. The first-order valence-corrected chi connectivity index (χ1v) is 2.33. The monoisotopic (exact) mass is 113 g/mol. The van der Waals surface area contributed by atoms with E-state index in [-0.39, 0.29) is 12.6 Å². The van der Waals surface area contributed by atoms with Crippen LogP contribution in [0.5, 0.6) is 0 Å². The normalized spacial score (nSPS) is 7.50. The number of nitriles is 1. The van der Waals surface area contributed by atoms with Gasteiger partial charge in [0.05, 0.1) is 0 Å². The van der Waals surface area contributed by atoms with Crippen LogP contribution in [0.1, 0.15) is 13.3 Å². The summed E-state index contributed by atoms with van der Waals surface area (Å²) in [4.78, 5) is 10.2. The molecule has 0 atom stereocenters. The lowest BCUT2D eigenvalue weighted by Crippen LogP contribution is -2.01. The number of carbonyl (C=O) groups excluding carboxylic acids is 1. The molecule has 0 rings (SSSR count). The fraction of sp³-hybridized carbons (Fsp3) is 0.600. The molecule has 0 heterocycles. The molecule has 0 aliphatic rings. The molecule has 0 N–H and O–H groups in total. The van der Waals surface area contributed by atoms with Crippen LogP contribution in [0.2, 0.25) is 0 Å². The smallest absolute Gasteiger partial charge is 0.306 e. The quantitative estimate of drug-likeness (QED) is 0.489. The van der Waals surface area contributed by atoms with Crippen molar-refractivity contribution in [1.82, 2.24) is 0 Å². The maximum atomic E-state index is 10.2. The van der Waals surface area contributed by atoms with Crippen LogP contribution in [-0.2, 0) is 9.53 Å². The third-order valence-electron chi connectivity index (χ3n) is 0.586. The molecule has 0 radical (unpaired) electrons. The van der Waals surface area contributed by atoms with E-state index in [2.05, 4.69) is 4.74 Å². The lowest BCUT2D eigenvalue weighted by atomic mass is 10.5. The van der Waals surface area contributed by atoms with Gasteiger partial charge in [-0.15, -0.1) is 0 Å². The second-order valence-corrected chi connectivity index (χ2v) is 1.17. The van der Waals surface area contributed by atoms with E-state index in [0.29, 0.717) is 6.42 Å². The van der Waals surface area contributed by atoms with Crippen LogP contribution < -0.4 is 0 Å². The second-order valence-electron chi connectivity index (χ2n) is 1.17.